The van der Waals surface area contributed by atoms with Crippen LogP contribution < -0.4 is 0 Å². The van der Waals surface area contributed by atoms with E-state index in [1.165, 1.54) is 12.1 Å². The maximum Gasteiger partial charge on any atom is 0.453 e. The molecule has 0 radical (unpaired) electrons. The van der Waals surface area contributed by atoms with Crippen molar-refractivity contribution in [2.45, 2.75) is 31.1 Å². The van der Waals surface area contributed by atoms with E-state index in [0.717, 1.165) is 0 Å². The first-order chi connectivity index (χ1) is 9.63. The zero-order valence-electron chi connectivity index (χ0n) is 10.7. The molecule has 0 aliphatic rings. The van der Waals surface area contributed by atoms with E-state index in [0.29, 0.717) is 17.3 Å². The molecule has 0 aliphatic heterocycles. The lowest BCUT2D eigenvalue weighted by atomic mass is 10.1. The highest BCUT2D eigenvalue weighted by Gasteiger charge is 2.58. The Labute approximate surface area is 121 Å². The number of carbonyl (C=O) groups is 1. The summed E-state index contributed by atoms with van der Waals surface area (Å²) in [6.07, 6.45) is -10.5. The van der Waals surface area contributed by atoms with Gasteiger partial charge in [0.15, 0.2) is 0 Å². The van der Waals surface area contributed by atoms with E-state index in [4.69, 9.17) is 0 Å². The van der Waals surface area contributed by atoms with Gasteiger partial charge in [0, 0.05) is 11.3 Å². The van der Waals surface area contributed by atoms with Gasteiger partial charge in [-0.05, 0) is 6.42 Å². The van der Waals surface area contributed by atoms with Gasteiger partial charge < -0.3 is 0 Å². The summed E-state index contributed by atoms with van der Waals surface area (Å²) >= 11 is 0.686. The van der Waals surface area contributed by atoms with Crippen LogP contribution >= 0.6 is 11.8 Å². The Bertz CT molecular complexity index is 459. The number of alkyl halides is 6. The van der Waals surface area contributed by atoms with Gasteiger partial charge in [0.1, 0.15) is 6.17 Å². The summed E-state index contributed by atoms with van der Waals surface area (Å²) in [7, 11) is 0. The average molecular weight is 330 g/mol. The van der Waals surface area contributed by atoms with Gasteiger partial charge in [-0.1, -0.05) is 42.1 Å². The molecule has 8 heteroatoms. The molecule has 0 aliphatic carbocycles. The zero-order valence-corrected chi connectivity index (χ0v) is 11.5. The molecule has 0 bridgehead atoms. The van der Waals surface area contributed by atoms with Gasteiger partial charge in [0.05, 0.1) is 6.42 Å². The lowest BCUT2D eigenvalue weighted by Gasteiger charge is -2.21. The topological polar surface area (TPSA) is 17.1 Å². The molecule has 0 spiro atoms. The fraction of sp³-hybridized carbons (Fsp3) is 0.462. The van der Waals surface area contributed by atoms with Gasteiger partial charge in [-0.15, -0.1) is 0 Å². The van der Waals surface area contributed by atoms with E-state index < -0.39 is 31.1 Å². The third-order valence-corrected chi connectivity index (χ3v) is 3.50. The highest BCUT2D eigenvalue weighted by Crippen LogP contribution is 2.39. The van der Waals surface area contributed by atoms with E-state index in [1.54, 1.807) is 18.2 Å². The Morgan fingerprint density at radius 3 is 2.19 bits per heavy atom. The van der Waals surface area contributed by atoms with Crippen molar-refractivity contribution in [2.75, 3.05) is 5.75 Å². The van der Waals surface area contributed by atoms with Gasteiger partial charge >= 0.3 is 12.1 Å². The average Bonchev–Trinajstić information content (AvgIpc) is 2.37. The van der Waals surface area contributed by atoms with Crippen LogP contribution in [0.3, 0.4) is 0 Å². The Morgan fingerprint density at radius 2 is 1.67 bits per heavy atom. The van der Waals surface area contributed by atoms with Crippen molar-refractivity contribution in [3.63, 3.8) is 0 Å². The van der Waals surface area contributed by atoms with Crippen LogP contribution in [0.25, 0.3) is 0 Å². The highest BCUT2D eigenvalue weighted by molar-refractivity contribution is 8.14. The van der Waals surface area contributed by atoms with Crippen LogP contribution in [-0.2, 0) is 0 Å². The number of rotatable bonds is 6. The number of thioether (sulfide) groups is 1. The monoisotopic (exact) mass is 330 g/mol. The molecular weight excluding hydrogens is 318 g/mol. The summed E-state index contributed by atoms with van der Waals surface area (Å²) in [6.45, 7) is 0. The van der Waals surface area contributed by atoms with Crippen molar-refractivity contribution < 1.29 is 31.1 Å². The number of hydrogen-bond donors (Lipinski definition) is 0. The van der Waals surface area contributed by atoms with E-state index in [-0.39, 0.29) is 10.9 Å². The first kappa shape index (κ1) is 17.9. The number of hydrogen-bond acceptors (Lipinski definition) is 2. The molecule has 0 saturated heterocycles. The molecular formula is C13H12F6OS. The van der Waals surface area contributed by atoms with Crippen LogP contribution in [0.15, 0.2) is 30.3 Å². The van der Waals surface area contributed by atoms with Crippen molar-refractivity contribution >= 4 is 16.9 Å². The van der Waals surface area contributed by atoms with Crippen molar-refractivity contribution in [1.29, 1.82) is 0 Å². The summed E-state index contributed by atoms with van der Waals surface area (Å²) in [4.78, 5) is 11.6. The molecule has 0 N–H and O–H groups in total. The lowest BCUT2D eigenvalue weighted by molar-refractivity contribution is -0.288. The smallest absolute Gasteiger partial charge is 0.282 e. The molecule has 21 heavy (non-hydrogen) atoms. The summed E-state index contributed by atoms with van der Waals surface area (Å²) in [5, 5.41) is -0.384. The molecule has 0 amide bonds. The van der Waals surface area contributed by atoms with Crippen LogP contribution in [0.1, 0.15) is 23.2 Å². The fourth-order valence-electron chi connectivity index (χ4n) is 1.43. The third-order valence-electron chi connectivity index (χ3n) is 2.57. The highest BCUT2D eigenvalue weighted by atomic mass is 32.2. The summed E-state index contributed by atoms with van der Waals surface area (Å²) in [6, 6.07) is 7.99. The number of benzene rings is 1. The molecule has 1 aromatic carbocycles. The van der Waals surface area contributed by atoms with E-state index >= 15 is 0 Å². The van der Waals surface area contributed by atoms with Crippen LogP contribution in [0, 0.1) is 0 Å². The quantitative estimate of drug-likeness (QED) is 0.692. The molecule has 0 fully saturated rings. The summed E-state index contributed by atoms with van der Waals surface area (Å²) < 4.78 is 74.0. The Kier molecular flexibility index (Phi) is 6.12. The van der Waals surface area contributed by atoms with Crippen molar-refractivity contribution in [2.24, 2.45) is 0 Å². The van der Waals surface area contributed by atoms with E-state index in [1.807, 2.05) is 0 Å². The SMILES string of the molecule is O=C(SCCC(F)CC(F)(F)C(F)(F)F)c1ccccc1. The fourth-order valence-corrected chi connectivity index (χ4v) is 2.29. The largest absolute Gasteiger partial charge is 0.453 e. The normalized spacial score (nSPS) is 14.0. The van der Waals surface area contributed by atoms with Crippen molar-refractivity contribution in [1.82, 2.24) is 0 Å². The van der Waals surface area contributed by atoms with Gasteiger partial charge in [-0.25, -0.2) is 4.39 Å². The maximum absolute atomic E-state index is 13.2. The Hall–Kier alpha value is -1.18. The zero-order chi connectivity index (χ0) is 16.1. The molecule has 1 aromatic rings. The standard InChI is InChI=1S/C13H12F6OS/c14-10(8-12(15,16)13(17,18)19)6-7-21-11(20)9-4-2-1-3-5-9/h1-5,10H,6-8H2. The van der Waals surface area contributed by atoms with E-state index in [9.17, 15) is 31.1 Å². The molecule has 118 valence electrons. The number of carbonyl (C=O) groups excluding carboxylic acids is 1. The van der Waals surface area contributed by atoms with Crippen molar-refractivity contribution in [3.8, 4) is 0 Å². The van der Waals surface area contributed by atoms with Gasteiger partial charge in [0.2, 0.25) is 5.12 Å². The van der Waals surface area contributed by atoms with Crippen LogP contribution in [0.5, 0.6) is 0 Å². The van der Waals surface area contributed by atoms with Crippen LogP contribution in [-0.4, -0.2) is 29.1 Å². The van der Waals surface area contributed by atoms with Crippen LogP contribution in [0.4, 0.5) is 26.3 Å². The number of halogens is 6. The molecule has 0 saturated carbocycles. The maximum atomic E-state index is 13.2. The molecule has 0 heterocycles. The molecule has 1 atom stereocenters. The van der Waals surface area contributed by atoms with E-state index in [2.05, 4.69) is 0 Å². The second-order valence-corrected chi connectivity index (χ2v) is 5.36. The van der Waals surface area contributed by atoms with Gasteiger partial charge in [0.25, 0.3) is 0 Å². The van der Waals surface area contributed by atoms with Crippen LogP contribution in [0.2, 0.25) is 0 Å². The minimum Gasteiger partial charge on any atom is -0.282 e. The predicted molar refractivity (Wildman–Crippen MR) is 68.4 cm³/mol. The molecule has 1 nitrogen and oxygen atoms in total. The van der Waals surface area contributed by atoms with Gasteiger partial charge in [-0.2, -0.15) is 22.0 Å². The second-order valence-electron chi connectivity index (χ2n) is 4.29. The minimum absolute atomic E-state index is 0.164. The van der Waals surface area contributed by atoms with Gasteiger partial charge in [-0.3, -0.25) is 4.79 Å². The second kappa shape index (κ2) is 7.20. The molecule has 0 aromatic heterocycles. The molecule has 1 rings (SSSR count). The first-order valence-electron chi connectivity index (χ1n) is 5.94. The first-order valence-corrected chi connectivity index (χ1v) is 6.93. The molecule has 1 unspecified atom stereocenters. The predicted octanol–water partition coefficient (Wildman–Crippen LogP) is 4.88. The minimum atomic E-state index is -5.76. The Balaban J connectivity index is 2.38. The van der Waals surface area contributed by atoms with Crippen molar-refractivity contribution in [3.05, 3.63) is 35.9 Å². The third kappa shape index (κ3) is 5.61. The Morgan fingerprint density at radius 1 is 1.10 bits per heavy atom. The lowest BCUT2D eigenvalue weighted by Crippen LogP contribution is -2.38. The summed E-state index contributed by atoms with van der Waals surface area (Å²) in [5.41, 5.74) is 0.360. The summed E-state index contributed by atoms with van der Waals surface area (Å²) in [5.74, 6) is -5.22.